The smallest absolute Gasteiger partial charge is 0.232 e. The molecule has 0 bridgehead atoms. The molecular formula is C18H25N3O2S. The van der Waals surface area contributed by atoms with Crippen LogP contribution in [0.1, 0.15) is 31.2 Å². The molecule has 0 aliphatic carbocycles. The van der Waals surface area contributed by atoms with Gasteiger partial charge >= 0.3 is 0 Å². The largest absolute Gasteiger partial charge is 0.342 e. The predicted octanol–water partition coefficient (Wildman–Crippen LogP) is 2.18. The summed E-state index contributed by atoms with van der Waals surface area (Å²) in [4.78, 5) is 33.2. The zero-order chi connectivity index (χ0) is 17.0. The Bertz CT molecular complexity index is 585. The third-order valence-corrected chi connectivity index (χ3v) is 5.80. The van der Waals surface area contributed by atoms with Gasteiger partial charge in [0.2, 0.25) is 11.8 Å². The van der Waals surface area contributed by atoms with E-state index in [-0.39, 0.29) is 17.2 Å². The van der Waals surface area contributed by atoms with Crippen molar-refractivity contribution < 1.29 is 9.59 Å². The van der Waals surface area contributed by atoms with Crippen LogP contribution in [0.15, 0.2) is 24.5 Å². The lowest BCUT2D eigenvalue weighted by molar-refractivity contribution is -0.152. The van der Waals surface area contributed by atoms with Crippen LogP contribution in [0.25, 0.3) is 0 Å². The number of pyridine rings is 1. The van der Waals surface area contributed by atoms with Crippen molar-refractivity contribution in [3.05, 3.63) is 30.1 Å². The monoisotopic (exact) mass is 347 g/mol. The van der Waals surface area contributed by atoms with Gasteiger partial charge in [0.1, 0.15) is 0 Å². The maximum absolute atomic E-state index is 13.1. The van der Waals surface area contributed by atoms with Crippen LogP contribution in [0, 0.1) is 5.41 Å². The van der Waals surface area contributed by atoms with Crippen molar-refractivity contribution in [2.24, 2.45) is 5.41 Å². The molecule has 0 aromatic carbocycles. The fraction of sp³-hybridized carbons (Fsp3) is 0.611. The molecule has 2 aliphatic heterocycles. The Labute approximate surface area is 147 Å². The van der Waals surface area contributed by atoms with E-state index in [1.165, 1.54) is 0 Å². The second kappa shape index (κ2) is 7.55. The van der Waals surface area contributed by atoms with Gasteiger partial charge in [-0.25, -0.2) is 0 Å². The number of likely N-dealkylation sites (tertiary alicyclic amines) is 2. The molecule has 2 fully saturated rings. The van der Waals surface area contributed by atoms with Gasteiger partial charge in [-0.3, -0.25) is 14.6 Å². The first-order valence-electron chi connectivity index (χ1n) is 8.60. The van der Waals surface area contributed by atoms with Gasteiger partial charge in [-0.2, -0.15) is 11.8 Å². The van der Waals surface area contributed by atoms with E-state index in [1.807, 2.05) is 34.4 Å². The molecule has 3 heterocycles. The third kappa shape index (κ3) is 3.58. The number of hydrogen-bond donors (Lipinski definition) is 0. The molecule has 24 heavy (non-hydrogen) atoms. The van der Waals surface area contributed by atoms with Gasteiger partial charge in [0.25, 0.3) is 0 Å². The summed E-state index contributed by atoms with van der Waals surface area (Å²) in [5.41, 5.74) is 0.826. The topological polar surface area (TPSA) is 53.5 Å². The SMILES string of the molecule is CSCC(=O)N1CCC2(CCCN(Cc3cccnc3)C2=O)CC1. The van der Waals surface area contributed by atoms with Gasteiger partial charge in [0.05, 0.1) is 11.2 Å². The molecule has 130 valence electrons. The summed E-state index contributed by atoms with van der Waals surface area (Å²) in [5, 5.41) is 0. The van der Waals surface area contributed by atoms with E-state index in [0.717, 1.165) is 37.8 Å². The maximum Gasteiger partial charge on any atom is 0.232 e. The van der Waals surface area contributed by atoms with Crippen LogP contribution < -0.4 is 0 Å². The average Bonchev–Trinajstić information content (AvgIpc) is 2.61. The van der Waals surface area contributed by atoms with Crippen molar-refractivity contribution in [2.75, 3.05) is 31.6 Å². The van der Waals surface area contributed by atoms with Crippen LogP contribution in [0.3, 0.4) is 0 Å². The highest BCUT2D eigenvalue weighted by Crippen LogP contribution is 2.41. The zero-order valence-corrected chi connectivity index (χ0v) is 15.1. The van der Waals surface area contributed by atoms with Crippen molar-refractivity contribution in [1.29, 1.82) is 0 Å². The molecule has 2 aliphatic rings. The Morgan fingerprint density at radius 3 is 2.75 bits per heavy atom. The lowest BCUT2D eigenvalue weighted by Crippen LogP contribution is -2.54. The number of thioether (sulfide) groups is 1. The summed E-state index contributed by atoms with van der Waals surface area (Å²) >= 11 is 1.56. The fourth-order valence-corrected chi connectivity index (χ4v) is 4.31. The molecule has 0 N–H and O–H groups in total. The minimum atomic E-state index is -0.253. The summed E-state index contributed by atoms with van der Waals surface area (Å²) in [6, 6.07) is 3.93. The van der Waals surface area contributed by atoms with E-state index in [2.05, 4.69) is 4.98 Å². The van der Waals surface area contributed by atoms with Crippen LogP contribution in [0.4, 0.5) is 0 Å². The second-order valence-corrected chi connectivity index (χ2v) is 7.65. The van der Waals surface area contributed by atoms with Crippen LogP contribution in [0.2, 0.25) is 0 Å². The molecule has 6 heteroatoms. The van der Waals surface area contributed by atoms with Gasteiger partial charge in [-0.15, -0.1) is 0 Å². The normalized spacial score (nSPS) is 20.5. The first-order valence-corrected chi connectivity index (χ1v) is 9.99. The lowest BCUT2D eigenvalue weighted by Gasteiger charge is -2.46. The first kappa shape index (κ1) is 17.3. The molecule has 3 rings (SSSR count). The van der Waals surface area contributed by atoms with Crippen molar-refractivity contribution >= 4 is 23.6 Å². The minimum Gasteiger partial charge on any atom is -0.342 e. The van der Waals surface area contributed by atoms with E-state index < -0.39 is 0 Å². The summed E-state index contributed by atoms with van der Waals surface area (Å²) in [5.74, 6) is 1.01. The van der Waals surface area contributed by atoms with E-state index in [0.29, 0.717) is 25.4 Å². The van der Waals surface area contributed by atoms with Crippen LogP contribution in [0.5, 0.6) is 0 Å². The summed E-state index contributed by atoms with van der Waals surface area (Å²) in [6.07, 6.45) is 9.14. The third-order valence-electron chi connectivity index (χ3n) is 5.26. The van der Waals surface area contributed by atoms with Crippen molar-refractivity contribution in [1.82, 2.24) is 14.8 Å². The highest BCUT2D eigenvalue weighted by molar-refractivity contribution is 7.99. The molecule has 1 aromatic rings. The van der Waals surface area contributed by atoms with Crippen LogP contribution in [-0.2, 0) is 16.1 Å². The lowest BCUT2D eigenvalue weighted by atomic mass is 9.71. The number of aromatic nitrogens is 1. The van der Waals surface area contributed by atoms with Crippen LogP contribution >= 0.6 is 11.8 Å². The predicted molar refractivity (Wildman–Crippen MR) is 95.5 cm³/mol. The minimum absolute atomic E-state index is 0.202. The first-order chi connectivity index (χ1) is 11.6. The molecule has 5 nitrogen and oxygen atoms in total. The van der Waals surface area contributed by atoms with Gasteiger partial charge < -0.3 is 9.80 Å². The maximum atomic E-state index is 13.1. The standard InChI is InChI=1S/C18H25N3O2S/c1-24-14-16(22)20-10-6-18(7-11-20)5-3-9-21(17(18)23)13-15-4-2-8-19-12-15/h2,4,8,12H,3,5-7,9-11,13-14H2,1H3. The molecule has 2 amide bonds. The van der Waals surface area contributed by atoms with Gasteiger partial charge in [-0.1, -0.05) is 6.07 Å². The quantitative estimate of drug-likeness (QED) is 0.838. The van der Waals surface area contributed by atoms with E-state index in [9.17, 15) is 9.59 Å². The van der Waals surface area contributed by atoms with Crippen molar-refractivity contribution in [3.63, 3.8) is 0 Å². The zero-order valence-electron chi connectivity index (χ0n) is 14.2. The number of amides is 2. The van der Waals surface area contributed by atoms with E-state index >= 15 is 0 Å². The second-order valence-electron chi connectivity index (χ2n) is 6.79. The molecule has 0 atom stereocenters. The van der Waals surface area contributed by atoms with Gasteiger partial charge in [0, 0.05) is 38.6 Å². The highest BCUT2D eigenvalue weighted by Gasteiger charge is 2.46. The Kier molecular flexibility index (Phi) is 5.43. The fourth-order valence-electron chi connectivity index (χ4n) is 3.88. The molecule has 1 spiro atoms. The van der Waals surface area contributed by atoms with Crippen molar-refractivity contribution in [3.8, 4) is 0 Å². The number of carbonyl (C=O) groups excluding carboxylic acids is 2. The van der Waals surface area contributed by atoms with Crippen LogP contribution in [-0.4, -0.2) is 58.2 Å². The molecular weight excluding hydrogens is 322 g/mol. The number of rotatable bonds is 4. The Morgan fingerprint density at radius 2 is 2.08 bits per heavy atom. The van der Waals surface area contributed by atoms with Gasteiger partial charge in [-0.05, 0) is 43.6 Å². The Hall–Kier alpha value is -1.56. The summed E-state index contributed by atoms with van der Waals surface area (Å²) in [7, 11) is 0. The number of nitrogens with zero attached hydrogens (tertiary/aromatic N) is 3. The summed E-state index contributed by atoms with van der Waals surface area (Å²) in [6.45, 7) is 2.89. The molecule has 0 unspecified atom stereocenters. The number of piperidine rings is 2. The Balaban J connectivity index is 1.64. The highest BCUT2D eigenvalue weighted by atomic mass is 32.2. The summed E-state index contributed by atoms with van der Waals surface area (Å²) < 4.78 is 0. The van der Waals surface area contributed by atoms with Gasteiger partial charge in [0.15, 0.2) is 0 Å². The molecule has 0 saturated carbocycles. The molecule has 0 radical (unpaired) electrons. The van der Waals surface area contributed by atoms with E-state index in [1.54, 1.807) is 18.0 Å². The Morgan fingerprint density at radius 1 is 1.29 bits per heavy atom. The number of hydrogen-bond acceptors (Lipinski definition) is 4. The van der Waals surface area contributed by atoms with E-state index in [4.69, 9.17) is 0 Å². The number of carbonyl (C=O) groups is 2. The molecule has 2 saturated heterocycles. The molecule has 1 aromatic heterocycles. The average molecular weight is 347 g/mol. The van der Waals surface area contributed by atoms with Crippen molar-refractivity contribution in [2.45, 2.75) is 32.2 Å².